The van der Waals surface area contributed by atoms with Crippen molar-refractivity contribution in [2.45, 2.75) is 64.5 Å². The van der Waals surface area contributed by atoms with Crippen molar-refractivity contribution >= 4 is 6.01 Å². The fraction of sp³-hybridized carbons (Fsp3) is 0.684. The van der Waals surface area contributed by atoms with Crippen LogP contribution in [-0.2, 0) is 19.4 Å². The molecule has 0 spiro atoms. The predicted molar refractivity (Wildman–Crippen MR) is 102 cm³/mol. The van der Waals surface area contributed by atoms with E-state index >= 15 is 0 Å². The van der Waals surface area contributed by atoms with E-state index in [4.69, 9.17) is 4.52 Å². The molecule has 1 N–H and O–H groups in total. The summed E-state index contributed by atoms with van der Waals surface area (Å²) in [5, 5.41) is 11.7. The molecular formula is C19H28N6O2. The molecule has 8 nitrogen and oxygen atoms in total. The molecule has 1 fully saturated rings. The van der Waals surface area contributed by atoms with Gasteiger partial charge in [0.2, 0.25) is 0 Å². The first kappa shape index (κ1) is 18.2. The minimum atomic E-state index is 0.0312. The molecule has 1 aliphatic heterocycles. The Balaban J connectivity index is 1.37. The van der Waals surface area contributed by atoms with Gasteiger partial charge in [-0.3, -0.25) is 9.69 Å². The molecule has 8 heteroatoms. The molecule has 1 unspecified atom stereocenters. The average molecular weight is 372 g/mol. The molecule has 27 heavy (non-hydrogen) atoms. The zero-order valence-electron chi connectivity index (χ0n) is 16.0. The molecule has 1 aliphatic carbocycles. The molecule has 146 valence electrons. The van der Waals surface area contributed by atoms with Gasteiger partial charge in [-0.2, -0.15) is 10.1 Å². The van der Waals surface area contributed by atoms with Gasteiger partial charge in [0.1, 0.15) is 0 Å². The molecule has 1 saturated heterocycles. The number of anilines is 1. The van der Waals surface area contributed by atoms with Crippen molar-refractivity contribution in [1.82, 2.24) is 24.8 Å². The Morgan fingerprint density at radius 2 is 2.11 bits per heavy atom. The van der Waals surface area contributed by atoms with E-state index in [0.29, 0.717) is 24.4 Å². The molecule has 3 heterocycles. The number of aryl methyl sites for hydroxylation is 3. The van der Waals surface area contributed by atoms with E-state index in [1.54, 1.807) is 10.7 Å². The number of nitrogens with zero attached hydrogens (tertiary/aromatic N) is 5. The quantitative estimate of drug-likeness (QED) is 0.827. The van der Waals surface area contributed by atoms with Crippen LogP contribution in [0.5, 0.6) is 0 Å². The Morgan fingerprint density at radius 1 is 1.22 bits per heavy atom. The van der Waals surface area contributed by atoms with E-state index in [1.807, 2.05) is 6.92 Å². The maximum atomic E-state index is 12.4. The van der Waals surface area contributed by atoms with E-state index in [9.17, 15) is 4.79 Å². The third-order valence-electron chi connectivity index (χ3n) is 5.64. The van der Waals surface area contributed by atoms with Crippen LogP contribution in [0.2, 0.25) is 0 Å². The van der Waals surface area contributed by atoms with Crippen LogP contribution in [0.1, 0.15) is 49.2 Å². The lowest BCUT2D eigenvalue weighted by atomic mass is 9.97. The Labute approximate surface area is 158 Å². The lowest BCUT2D eigenvalue weighted by Gasteiger charge is -2.35. The molecule has 2 aromatic rings. The highest BCUT2D eigenvalue weighted by Gasteiger charge is 2.23. The van der Waals surface area contributed by atoms with Gasteiger partial charge in [0, 0.05) is 25.2 Å². The summed E-state index contributed by atoms with van der Waals surface area (Å²) in [4.78, 5) is 19.1. The topological polar surface area (TPSA) is 89.1 Å². The number of likely N-dealkylation sites (tertiary alicyclic amines) is 1. The lowest BCUT2D eigenvalue weighted by molar-refractivity contribution is 0.147. The van der Waals surface area contributed by atoms with Crippen molar-refractivity contribution in [3.63, 3.8) is 0 Å². The van der Waals surface area contributed by atoms with Gasteiger partial charge in [0.05, 0.1) is 12.2 Å². The van der Waals surface area contributed by atoms with Gasteiger partial charge in [0.15, 0.2) is 5.82 Å². The van der Waals surface area contributed by atoms with Crippen LogP contribution in [0, 0.1) is 6.92 Å². The summed E-state index contributed by atoms with van der Waals surface area (Å²) in [5.74, 6) is 0.635. The van der Waals surface area contributed by atoms with Crippen molar-refractivity contribution in [3.8, 4) is 0 Å². The minimum absolute atomic E-state index is 0.0312. The van der Waals surface area contributed by atoms with Crippen molar-refractivity contribution in [3.05, 3.63) is 33.5 Å². The molecule has 4 rings (SSSR count). The van der Waals surface area contributed by atoms with E-state index in [2.05, 4.69) is 25.5 Å². The molecule has 1 atom stereocenters. The van der Waals surface area contributed by atoms with Gasteiger partial charge < -0.3 is 9.84 Å². The fourth-order valence-corrected chi connectivity index (χ4v) is 4.14. The number of hydrogen-bond donors (Lipinski definition) is 1. The molecule has 0 saturated carbocycles. The Bertz CT molecular complexity index is 830. The van der Waals surface area contributed by atoms with Gasteiger partial charge in [-0.25, -0.2) is 4.68 Å². The minimum Gasteiger partial charge on any atom is -0.336 e. The summed E-state index contributed by atoms with van der Waals surface area (Å²) < 4.78 is 6.80. The van der Waals surface area contributed by atoms with Gasteiger partial charge >= 0.3 is 6.01 Å². The number of aromatic nitrogens is 4. The van der Waals surface area contributed by atoms with Crippen LogP contribution in [-0.4, -0.2) is 50.5 Å². The summed E-state index contributed by atoms with van der Waals surface area (Å²) in [6.07, 6.45) is 7.88. The van der Waals surface area contributed by atoms with Gasteiger partial charge in [-0.15, -0.1) is 0 Å². The molecule has 0 amide bonds. The first-order chi connectivity index (χ1) is 13.2. The number of piperidine rings is 1. The highest BCUT2D eigenvalue weighted by molar-refractivity contribution is 5.20. The van der Waals surface area contributed by atoms with Crippen LogP contribution in [0.3, 0.4) is 0 Å². The second-order valence-electron chi connectivity index (χ2n) is 7.60. The third kappa shape index (κ3) is 4.37. The van der Waals surface area contributed by atoms with Gasteiger partial charge in [0.25, 0.3) is 5.56 Å². The Morgan fingerprint density at radius 3 is 2.96 bits per heavy atom. The third-order valence-corrected chi connectivity index (χ3v) is 5.64. The van der Waals surface area contributed by atoms with Crippen molar-refractivity contribution in [2.75, 3.05) is 25.0 Å². The normalized spacial score (nSPS) is 20.4. The second-order valence-corrected chi connectivity index (χ2v) is 7.60. The first-order valence-electron chi connectivity index (χ1n) is 10.1. The van der Waals surface area contributed by atoms with Crippen LogP contribution < -0.4 is 10.9 Å². The fourth-order valence-electron chi connectivity index (χ4n) is 4.14. The number of fused-ring (bicyclic) bond motifs is 1. The maximum absolute atomic E-state index is 12.4. The summed E-state index contributed by atoms with van der Waals surface area (Å²) in [6.45, 7) is 5.11. The van der Waals surface area contributed by atoms with Crippen LogP contribution in [0.25, 0.3) is 0 Å². The van der Waals surface area contributed by atoms with E-state index in [1.165, 1.54) is 25.7 Å². The second kappa shape index (κ2) is 8.21. The Hall–Kier alpha value is -2.22. The zero-order valence-corrected chi connectivity index (χ0v) is 16.0. The molecule has 0 bridgehead atoms. The summed E-state index contributed by atoms with van der Waals surface area (Å²) in [6, 6.07) is 2.68. The highest BCUT2D eigenvalue weighted by Crippen LogP contribution is 2.19. The molecule has 2 aromatic heterocycles. The van der Waals surface area contributed by atoms with Crippen LogP contribution >= 0.6 is 0 Å². The van der Waals surface area contributed by atoms with Gasteiger partial charge in [-0.05, 0) is 57.6 Å². The maximum Gasteiger partial charge on any atom is 0.321 e. The van der Waals surface area contributed by atoms with E-state index in [0.717, 1.165) is 50.2 Å². The molecular weight excluding hydrogens is 344 g/mol. The SMILES string of the molecule is Cc1noc(NCC2CCCCN2CCn2nc3c(cc2=O)CCCC3)n1. The van der Waals surface area contributed by atoms with Crippen LogP contribution in [0.4, 0.5) is 6.01 Å². The smallest absolute Gasteiger partial charge is 0.321 e. The van der Waals surface area contributed by atoms with E-state index < -0.39 is 0 Å². The number of hydrogen-bond acceptors (Lipinski definition) is 7. The predicted octanol–water partition coefficient (Wildman–Crippen LogP) is 1.78. The monoisotopic (exact) mass is 372 g/mol. The first-order valence-corrected chi connectivity index (χ1v) is 10.1. The number of rotatable bonds is 6. The number of nitrogens with one attached hydrogen (secondary N) is 1. The largest absolute Gasteiger partial charge is 0.336 e. The summed E-state index contributed by atoms with van der Waals surface area (Å²) in [5.41, 5.74) is 2.30. The van der Waals surface area contributed by atoms with Crippen molar-refractivity contribution in [1.29, 1.82) is 0 Å². The summed E-state index contributed by atoms with van der Waals surface area (Å²) in [7, 11) is 0. The molecule has 2 aliphatic rings. The molecule has 0 aromatic carbocycles. The lowest BCUT2D eigenvalue weighted by Crippen LogP contribution is -2.45. The Kier molecular flexibility index (Phi) is 5.52. The standard InChI is InChI=1S/C19H28N6O2/c1-14-21-19(27-23-14)20-13-16-7-4-5-9-24(16)10-11-25-18(26)12-15-6-2-3-8-17(15)22-25/h12,16H,2-11,13H2,1H3,(H,20,21,23). The van der Waals surface area contributed by atoms with Crippen LogP contribution in [0.15, 0.2) is 15.4 Å². The van der Waals surface area contributed by atoms with Crippen molar-refractivity contribution in [2.24, 2.45) is 0 Å². The van der Waals surface area contributed by atoms with E-state index in [-0.39, 0.29) is 5.56 Å². The molecule has 0 radical (unpaired) electrons. The average Bonchev–Trinajstić information content (AvgIpc) is 3.10. The van der Waals surface area contributed by atoms with Gasteiger partial charge in [-0.1, -0.05) is 11.6 Å². The highest BCUT2D eigenvalue weighted by atomic mass is 16.5. The van der Waals surface area contributed by atoms with Crippen molar-refractivity contribution < 1.29 is 4.52 Å². The summed E-state index contributed by atoms with van der Waals surface area (Å²) >= 11 is 0. The zero-order chi connectivity index (χ0) is 18.6.